The molecule has 0 heterocycles. The molecule has 0 unspecified atom stereocenters. The molecule has 0 atom stereocenters. The van der Waals surface area contributed by atoms with E-state index in [2.05, 4.69) is 10.8 Å². The number of hydroxylamine groups is 1. The molecule has 3 N–H and O–H groups in total. The highest BCUT2D eigenvalue weighted by Crippen LogP contribution is 2.23. The zero-order valence-corrected chi connectivity index (χ0v) is 12.2. The van der Waals surface area contributed by atoms with Crippen LogP contribution in [0.4, 0.5) is 5.69 Å². The largest absolute Gasteiger partial charge is 0.478 e. The van der Waals surface area contributed by atoms with Crippen molar-refractivity contribution in [3.63, 3.8) is 0 Å². The van der Waals surface area contributed by atoms with Crippen LogP contribution in [0.1, 0.15) is 31.1 Å². The van der Waals surface area contributed by atoms with E-state index in [-0.39, 0.29) is 22.8 Å². The molecule has 0 aliphatic rings. The van der Waals surface area contributed by atoms with Crippen molar-refractivity contribution in [2.45, 2.75) is 26.4 Å². The molecule has 0 aromatic heterocycles. The maximum Gasteiger partial charge on any atom is 0.335 e. The van der Waals surface area contributed by atoms with Crippen molar-refractivity contribution in [1.29, 1.82) is 0 Å². The van der Waals surface area contributed by atoms with E-state index >= 15 is 0 Å². The lowest BCUT2D eigenvalue weighted by Gasteiger charge is -2.19. The predicted molar refractivity (Wildman–Crippen MR) is 75.9 cm³/mol. The number of amides is 1. The van der Waals surface area contributed by atoms with Crippen molar-refractivity contribution in [3.05, 3.63) is 28.8 Å². The van der Waals surface area contributed by atoms with Crippen LogP contribution in [0.2, 0.25) is 5.02 Å². The second-order valence-corrected chi connectivity index (χ2v) is 5.49. The summed E-state index contributed by atoms with van der Waals surface area (Å²) in [6, 6.07) is 4.08. The van der Waals surface area contributed by atoms with Crippen LogP contribution in [0, 0.1) is 0 Å². The minimum Gasteiger partial charge on any atom is -0.478 e. The van der Waals surface area contributed by atoms with Crippen LogP contribution in [0.15, 0.2) is 18.2 Å². The first kappa shape index (κ1) is 16.4. The molecule has 1 amide bonds. The minimum atomic E-state index is -1.09. The Morgan fingerprint density at radius 3 is 2.55 bits per heavy atom. The summed E-state index contributed by atoms with van der Waals surface area (Å²) in [5.74, 6) is -1.48. The fraction of sp³-hybridized carbons (Fsp3) is 0.385. The van der Waals surface area contributed by atoms with Gasteiger partial charge >= 0.3 is 5.97 Å². The number of aromatic carboxylic acids is 1. The van der Waals surface area contributed by atoms with E-state index in [1.54, 1.807) is 0 Å². The van der Waals surface area contributed by atoms with Gasteiger partial charge in [0.25, 0.3) is 0 Å². The number of rotatable bonds is 5. The SMILES string of the molecule is CC(C)(C)ONCC(=O)Nc1cc(C(=O)O)ccc1Cl. The van der Waals surface area contributed by atoms with Gasteiger partial charge in [-0.15, -0.1) is 0 Å². The summed E-state index contributed by atoms with van der Waals surface area (Å²) < 4.78 is 0. The summed E-state index contributed by atoms with van der Waals surface area (Å²) in [4.78, 5) is 27.7. The Hall–Kier alpha value is -1.63. The molecule has 0 aliphatic carbocycles. The Balaban J connectivity index is 2.62. The normalized spacial score (nSPS) is 11.2. The fourth-order valence-electron chi connectivity index (χ4n) is 1.27. The van der Waals surface area contributed by atoms with Crippen LogP contribution in [0.25, 0.3) is 0 Å². The summed E-state index contributed by atoms with van der Waals surface area (Å²) >= 11 is 5.89. The monoisotopic (exact) mass is 300 g/mol. The number of nitrogens with one attached hydrogen (secondary N) is 2. The van der Waals surface area contributed by atoms with Crippen molar-refractivity contribution in [3.8, 4) is 0 Å². The number of carbonyl (C=O) groups is 2. The second-order valence-electron chi connectivity index (χ2n) is 5.08. The van der Waals surface area contributed by atoms with E-state index < -0.39 is 17.5 Å². The van der Waals surface area contributed by atoms with Crippen molar-refractivity contribution in [1.82, 2.24) is 5.48 Å². The molecular formula is C13H17ClN2O4. The van der Waals surface area contributed by atoms with Crippen LogP contribution >= 0.6 is 11.6 Å². The maximum atomic E-state index is 11.7. The van der Waals surface area contributed by atoms with Gasteiger partial charge < -0.3 is 10.4 Å². The Morgan fingerprint density at radius 2 is 2.00 bits per heavy atom. The summed E-state index contributed by atoms with van der Waals surface area (Å²) in [6.45, 7) is 5.44. The third-order valence-electron chi connectivity index (χ3n) is 2.10. The van der Waals surface area contributed by atoms with Gasteiger partial charge in [0, 0.05) is 0 Å². The first-order valence-corrected chi connectivity index (χ1v) is 6.30. The highest BCUT2D eigenvalue weighted by atomic mass is 35.5. The van der Waals surface area contributed by atoms with Gasteiger partial charge in [-0.2, -0.15) is 5.48 Å². The molecule has 7 heteroatoms. The third kappa shape index (κ3) is 5.56. The number of hydrogen-bond donors (Lipinski definition) is 3. The highest BCUT2D eigenvalue weighted by Gasteiger charge is 2.13. The lowest BCUT2D eigenvalue weighted by molar-refractivity contribution is -0.122. The highest BCUT2D eigenvalue weighted by molar-refractivity contribution is 6.33. The first-order chi connectivity index (χ1) is 9.19. The zero-order chi connectivity index (χ0) is 15.3. The van der Waals surface area contributed by atoms with Gasteiger partial charge in [-0.05, 0) is 39.0 Å². The van der Waals surface area contributed by atoms with Gasteiger partial charge in [0.1, 0.15) is 6.54 Å². The molecule has 0 radical (unpaired) electrons. The van der Waals surface area contributed by atoms with Gasteiger partial charge in [-0.25, -0.2) is 4.79 Å². The fourth-order valence-corrected chi connectivity index (χ4v) is 1.43. The number of benzene rings is 1. The van der Waals surface area contributed by atoms with Crippen LogP contribution in [-0.2, 0) is 9.63 Å². The van der Waals surface area contributed by atoms with Gasteiger partial charge in [0.15, 0.2) is 0 Å². The first-order valence-electron chi connectivity index (χ1n) is 5.92. The molecule has 0 saturated carbocycles. The van der Waals surface area contributed by atoms with E-state index in [0.717, 1.165) is 0 Å². The van der Waals surface area contributed by atoms with E-state index in [1.165, 1.54) is 18.2 Å². The van der Waals surface area contributed by atoms with E-state index in [4.69, 9.17) is 21.5 Å². The average Bonchev–Trinajstić information content (AvgIpc) is 2.30. The van der Waals surface area contributed by atoms with Crippen LogP contribution in [0.5, 0.6) is 0 Å². The smallest absolute Gasteiger partial charge is 0.335 e. The van der Waals surface area contributed by atoms with Crippen LogP contribution in [-0.4, -0.2) is 29.1 Å². The Morgan fingerprint density at radius 1 is 1.35 bits per heavy atom. The summed E-state index contributed by atoms with van der Waals surface area (Å²) in [6.07, 6.45) is 0. The van der Waals surface area contributed by atoms with Crippen molar-refractivity contribution in [2.75, 3.05) is 11.9 Å². The van der Waals surface area contributed by atoms with Crippen molar-refractivity contribution < 1.29 is 19.5 Å². The summed E-state index contributed by atoms with van der Waals surface area (Å²) in [7, 11) is 0. The third-order valence-corrected chi connectivity index (χ3v) is 2.43. The molecule has 1 aromatic carbocycles. The second kappa shape index (κ2) is 6.69. The standard InChI is InChI=1S/C13H17ClN2O4/c1-13(2,3)20-15-7-11(17)16-10-6-8(12(18)19)4-5-9(10)14/h4-6,15H,7H2,1-3H3,(H,16,17)(H,18,19). The zero-order valence-electron chi connectivity index (χ0n) is 11.5. The molecule has 6 nitrogen and oxygen atoms in total. The molecular weight excluding hydrogens is 284 g/mol. The van der Waals surface area contributed by atoms with Crippen LogP contribution in [0.3, 0.4) is 0 Å². The van der Waals surface area contributed by atoms with Gasteiger partial charge in [-0.3, -0.25) is 9.63 Å². The minimum absolute atomic E-state index is 0.0450. The molecule has 110 valence electrons. The lowest BCUT2D eigenvalue weighted by Crippen LogP contribution is -2.34. The van der Waals surface area contributed by atoms with E-state index in [0.29, 0.717) is 0 Å². The molecule has 1 rings (SSSR count). The predicted octanol–water partition coefficient (Wildman–Crippen LogP) is 2.30. The number of carboxylic acid groups (broad SMARTS) is 1. The van der Waals surface area contributed by atoms with Gasteiger partial charge in [-0.1, -0.05) is 11.6 Å². The molecule has 20 heavy (non-hydrogen) atoms. The molecule has 0 fully saturated rings. The Bertz CT molecular complexity index is 512. The molecule has 1 aromatic rings. The topological polar surface area (TPSA) is 87.7 Å². The number of halogens is 1. The van der Waals surface area contributed by atoms with Crippen molar-refractivity contribution >= 4 is 29.2 Å². The summed E-state index contributed by atoms with van der Waals surface area (Å²) in [5, 5.41) is 11.7. The van der Waals surface area contributed by atoms with Gasteiger partial charge in [0.05, 0.1) is 21.9 Å². The van der Waals surface area contributed by atoms with E-state index in [1.807, 2.05) is 20.8 Å². The molecule has 0 saturated heterocycles. The number of carboxylic acids is 1. The molecule has 0 spiro atoms. The lowest BCUT2D eigenvalue weighted by atomic mass is 10.2. The maximum absolute atomic E-state index is 11.7. The van der Waals surface area contributed by atoms with E-state index in [9.17, 15) is 9.59 Å². The molecule has 0 aliphatic heterocycles. The Kier molecular flexibility index (Phi) is 5.50. The number of anilines is 1. The average molecular weight is 301 g/mol. The quantitative estimate of drug-likeness (QED) is 0.726. The van der Waals surface area contributed by atoms with Gasteiger partial charge in [0.2, 0.25) is 5.91 Å². The number of hydrogen-bond acceptors (Lipinski definition) is 4. The molecule has 0 bridgehead atoms. The number of carbonyl (C=O) groups excluding carboxylic acids is 1. The van der Waals surface area contributed by atoms with Crippen molar-refractivity contribution in [2.24, 2.45) is 0 Å². The van der Waals surface area contributed by atoms with Crippen LogP contribution < -0.4 is 10.8 Å². The summed E-state index contributed by atoms with van der Waals surface area (Å²) in [5.41, 5.74) is 2.40. The Labute approximate surface area is 122 Å².